The van der Waals surface area contributed by atoms with E-state index in [4.69, 9.17) is 9.47 Å². The van der Waals surface area contributed by atoms with Crippen molar-refractivity contribution in [2.75, 3.05) is 123 Å². The largest absolute Gasteiger partial charge is 0.444 e. The number of piperidine rings is 3. The van der Waals surface area contributed by atoms with Crippen molar-refractivity contribution in [3.8, 4) is 0 Å². The molecule has 6 fully saturated rings. The molecular formula is C109H134BrN21O10. The molecule has 0 saturated carbocycles. The van der Waals surface area contributed by atoms with Gasteiger partial charge in [-0.05, 0) is 266 Å². The molecule has 9 aromatic heterocycles. The van der Waals surface area contributed by atoms with Gasteiger partial charge in [-0.2, -0.15) is 0 Å². The number of carbonyl (C=O) groups is 5. The van der Waals surface area contributed by atoms with Crippen LogP contribution in [0.15, 0.2) is 202 Å². The number of aromatic nitrogens is 9. The van der Waals surface area contributed by atoms with Gasteiger partial charge in [-0.15, -0.1) is 0 Å². The Morgan fingerprint density at radius 3 is 1.12 bits per heavy atom. The molecule has 18 rings (SSSR count). The number of fused-ring (bicyclic) bond motifs is 3. The van der Waals surface area contributed by atoms with E-state index in [1.165, 1.54) is 26.5 Å². The van der Waals surface area contributed by atoms with Gasteiger partial charge in [-0.25, -0.2) is 9.59 Å². The average Bonchev–Trinajstić information content (AvgIpc) is 0.734. The van der Waals surface area contributed by atoms with Gasteiger partial charge >= 0.3 is 12.2 Å². The summed E-state index contributed by atoms with van der Waals surface area (Å²) in [6.45, 7) is 35.9. The molecule has 6 aliphatic rings. The quantitative estimate of drug-likeness (QED) is 0.0716. The third kappa shape index (κ3) is 26.8. The van der Waals surface area contributed by atoms with E-state index in [0.29, 0.717) is 87.9 Å². The Labute approximate surface area is 834 Å². The number of hydrogen-bond donors (Lipinski definition) is 2. The van der Waals surface area contributed by atoms with Crippen LogP contribution in [0.1, 0.15) is 148 Å². The molecule has 2 N–H and O–H groups in total. The summed E-state index contributed by atoms with van der Waals surface area (Å²) in [5.74, 6) is -0.280. The number of piperazine rings is 3. The van der Waals surface area contributed by atoms with Crippen LogP contribution in [-0.2, 0) is 84.3 Å². The molecule has 3 aromatic carbocycles. The van der Waals surface area contributed by atoms with Gasteiger partial charge in [-0.3, -0.25) is 83.2 Å². The van der Waals surface area contributed by atoms with E-state index in [1.807, 2.05) is 182 Å². The summed E-state index contributed by atoms with van der Waals surface area (Å²) in [4.78, 5) is 150. The first-order valence-electron chi connectivity index (χ1n) is 49.0. The Bertz CT molecular complexity index is 6680. The van der Waals surface area contributed by atoms with Crippen LogP contribution in [0.3, 0.4) is 0 Å². The number of halogens is 1. The first kappa shape index (κ1) is 102. The number of rotatable bonds is 20. The van der Waals surface area contributed by atoms with Crippen molar-refractivity contribution in [2.24, 2.45) is 21.1 Å². The fourth-order valence-corrected chi connectivity index (χ4v) is 19.9. The van der Waals surface area contributed by atoms with E-state index in [0.717, 1.165) is 197 Å². The number of anilines is 5. The number of pyridine rings is 9. The van der Waals surface area contributed by atoms with Crippen LogP contribution in [0.2, 0.25) is 0 Å². The zero-order chi connectivity index (χ0) is 100. The summed E-state index contributed by atoms with van der Waals surface area (Å²) in [6, 6.07) is 43.3. The highest BCUT2D eigenvalue weighted by atomic mass is 79.9. The maximum absolute atomic E-state index is 14.1. The number of aryl methyl sites for hydroxylation is 9. The van der Waals surface area contributed by atoms with Crippen LogP contribution >= 0.6 is 15.9 Å². The molecule has 12 aromatic rings. The van der Waals surface area contributed by atoms with Crippen LogP contribution < -0.4 is 51.4 Å². The predicted molar refractivity (Wildman–Crippen MR) is 559 cm³/mol. The summed E-state index contributed by atoms with van der Waals surface area (Å²) in [5, 5.41) is 7.81. The lowest BCUT2D eigenvalue weighted by Gasteiger charge is -2.40. The standard InChI is InChI=1S/C38H47N7O4.C33H39N7O2.C29H32BrN5O.C9H16N2O3/c1-26-9-10-31(20-40-26)42-15-7-8-32(24-42)44(21-28-13-14-39-27(2)18-28)23-29-22-41(6)34-19-30(11-12-33(34)36(29)47)45-17-16-43(25-35(45)46)37(48)49-38(3,4)5;1-23-6-7-28(17-36-23)38-13-4-5-29(22-38)39(19-25-10-11-35-24(2)15-25)21-26-20-37(3)31-16-27(8-9-30(31)33(26)42)40-14-12-34-18-32(40)41;1-20-6-8-25(15-32-20)34-12-4-5-26(19-34)35(16-22-10-11-31-21(2)13-22)18-23-17-33(3)28-14-24(30)7-9-27(28)29(23)36;1-9(2,3)14-8(13)11-5-4-10-7(12)6-11/h9-14,18-20,22,32H,7-8,15-17,21,23-25H2,1-6H3;6-11,15-17,20,29,34H,4-5,12-14,18-19,21-22H2,1-3H3;6-11,13-15,17,26H,4-5,12,16,18-19H2,1-3H3;4-6H2,1-3H3,(H,10,12)/t32-;29-;26-;/m000./s1. The Morgan fingerprint density at radius 1 is 0.397 bits per heavy atom. The minimum atomic E-state index is -0.635. The molecule has 32 heteroatoms. The van der Waals surface area contributed by atoms with Crippen molar-refractivity contribution in [1.29, 1.82) is 0 Å². The molecule has 3 atom stereocenters. The number of amides is 5. The van der Waals surface area contributed by atoms with E-state index < -0.39 is 23.4 Å². The second-order valence-corrected chi connectivity index (χ2v) is 41.0. The lowest BCUT2D eigenvalue weighted by atomic mass is 10.0. The number of nitrogens with zero attached hydrogens (tertiary/aromatic N) is 19. The summed E-state index contributed by atoms with van der Waals surface area (Å²) in [6.07, 6.45) is 22.9. The zero-order valence-electron chi connectivity index (χ0n) is 84.1. The number of carbonyl (C=O) groups excluding carboxylic acids is 5. The Hall–Kier alpha value is -13.1. The van der Waals surface area contributed by atoms with Gasteiger partial charge in [0.2, 0.25) is 17.7 Å². The van der Waals surface area contributed by atoms with E-state index in [2.05, 4.69) is 163 Å². The zero-order valence-corrected chi connectivity index (χ0v) is 85.7. The maximum atomic E-state index is 14.1. The Kier molecular flexibility index (Phi) is 33.1. The molecular weight excluding hydrogens is 1840 g/mol. The molecule has 15 heterocycles. The van der Waals surface area contributed by atoms with Crippen molar-refractivity contribution in [1.82, 2.24) is 78.7 Å². The normalized spacial score (nSPS) is 17.2. The van der Waals surface area contributed by atoms with Crippen molar-refractivity contribution >= 4 is 107 Å². The lowest BCUT2D eigenvalue weighted by molar-refractivity contribution is -0.124. The van der Waals surface area contributed by atoms with E-state index in [1.54, 1.807) is 51.3 Å². The van der Waals surface area contributed by atoms with Gasteiger partial charge in [0.05, 0.1) is 58.7 Å². The highest BCUT2D eigenvalue weighted by Crippen LogP contribution is 2.33. The van der Waals surface area contributed by atoms with Gasteiger partial charge in [0.1, 0.15) is 24.3 Å². The molecule has 0 unspecified atom stereocenters. The highest BCUT2D eigenvalue weighted by molar-refractivity contribution is 9.10. The first-order chi connectivity index (χ1) is 67.4. The fraction of sp³-hybridized carbons (Fsp3) is 0.431. The summed E-state index contributed by atoms with van der Waals surface area (Å²) in [5.41, 5.74) is 18.4. The number of benzene rings is 3. The molecule has 0 spiro atoms. The molecule has 0 bridgehead atoms. The molecule has 742 valence electrons. The predicted octanol–water partition coefficient (Wildman–Crippen LogP) is 14.5. The molecule has 6 saturated heterocycles. The number of ether oxygens (including phenoxy) is 2. The SMILES string of the molecule is CC(C)(C)OC(=O)N1CCNC(=O)C1.Cc1ccc(N2CCC[C@H](N(Cc3ccnc(C)c3)Cc3cn(C)c4cc(Br)ccc4c3=O)C2)cn1.Cc1ccc(N2CCC[C@H](N(Cc3ccnc(C)c3)Cc3cn(C)c4cc(N5CCN(C(=O)OC(C)(C)C)CC5=O)ccc4c3=O)C2)cn1.Cc1ccc(N2CCC[C@H](N(Cc3ccnc(C)c3)Cc3cn(C)c4cc(N5CCNCC5=O)ccc4c3=O)C2)cn1. The third-order valence-electron chi connectivity index (χ3n) is 26.7. The minimum Gasteiger partial charge on any atom is -0.444 e. The second kappa shape index (κ2) is 45.6. The molecule has 141 heavy (non-hydrogen) atoms. The van der Waals surface area contributed by atoms with E-state index in [-0.39, 0.29) is 59.2 Å². The summed E-state index contributed by atoms with van der Waals surface area (Å²) in [7, 11) is 5.94. The highest BCUT2D eigenvalue weighted by Gasteiger charge is 2.36. The van der Waals surface area contributed by atoms with Gasteiger partial charge in [0.15, 0.2) is 16.3 Å². The molecule has 0 aliphatic carbocycles. The number of nitrogens with one attached hydrogen (secondary N) is 2. The Morgan fingerprint density at radius 2 is 0.766 bits per heavy atom. The molecule has 6 aliphatic heterocycles. The van der Waals surface area contributed by atoms with Gasteiger partial charge in [-0.1, -0.05) is 15.9 Å². The summed E-state index contributed by atoms with van der Waals surface area (Å²) < 4.78 is 17.6. The fourth-order valence-electron chi connectivity index (χ4n) is 19.5. The Balaban J connectivity index is 0.000000150. The van der Waals surface area contributed by atoms with Crippen LogP contribution in [0, 0.1) is 41.5 Å². The average molecular weight is 1980 g/mol. The monoisotopic (exact) mass is 1980 g/mol. The minimum absolute atomic E-state index is 0.00738. The van der Waals surface area contributed by atoms with Gasteiger partial charge in [0, 0.05) is 277 Å². The van der Waals surface area contributed by atoms with E-state index >= 15 is 0 Å². The van der Waals surface area contributed by atoms with Crippen LogP contribution in [-0.4, -0.2) is 226 Å². The van der Waals surface area contributed by atoms with E-state index in [9.17, 15) is 38.4 Å². The second-order valence-electron chi connectivity index (χ2n) is 40.1. The summed E-state index contributed by atoms with van der Waals surface area (Å²) >= 11 is 3.54. The van der Waals surface area contributed by atoms with Crippen LogP contribution in [0.25, 0.3) is 32.7 Å². The topological polar surface area (TPSA) is 304 Å². The van der Waals surface area contributed by atoms with Crippen molar-refractivity contribution < 1.29 is 33.4 Å². The maximum Gasteiger partial charge on any atom is 0.410 e. The van der Waals surface area contributed by atoms with Crippen LogP contribution in [0.5, 0.6) is 0 Å². The first-order valence-corrected chi connectivity index (χ1v) is 49.8. The number of hydrogen-bond acceptors (Lipinski definition) is 23. The van der Waals surface area contributed by atoms with Crippen LogP contribution in [0.4, 0.5) is 38.0 Å². The third-order valence-corrected chi connectivity index (χ3v) is 27.2. The van der Waals surface area contributed by atoms with Gasteiger partial charge < -0.3 is 58.3 Å². The van der Waals surface area contributed by atoms with Gasteiger partial charge in [0.25, 0.3) is 0 Å². The smallest absolute Gasteiger partial charge is 0.410 e. The molecule has 5 amide bonds. The molecule has 31 nitrogen and oxygen atoms in total. The molecule has 0 radical (unpaired) electrons. The van der Waals surface area contributed by atoms with Crippen molar-refractivity contribution in [3.05, 3.63) is 286 Å². The van der Waals surface area contributed by atoms with Crippen molar-refractivity contribution in [3.63, 3.8) is 0 Å². The lowest BCUT2D eigenvalue weighted by Crippen LogP contribution is -2.53. The van der Waals surface area contributed by atoms with Crippen molar-refractivity contribution in [2.45, 2.75) is 190 Å².